The summed E-state index contributed by atoms with van der Waals surface area (Å²) < 4.78 is 10.6. The van der Waals surface area contributed by atoms with Gasteiger partial charge in [0.15, 0.2) is 0 Å². The molecule has 2 aromatic rings. The van der Waals surface area contributed by atoms with Gasteiger partial charge in [0.1, 0.15) is 11.5 Å². The number of benzene rings is 1. The number of hydrogen-bond acceptors (Lipinski definition) is 4. The topological polar surface area (TPSA) is 83.8 Å². The third-order valence-electron chi connectivity index (χ3n) is 3.92. The molecule has 0 unspecified atom stereocenters. The quantitative estimate of drug-likeness (QED) is 0.843. The summed E-state index contributed by atoms with van der Waals surface area (Å²) in [6.45, 7) is 3.27. The van der Waals surface area contributed by atoms with E-state index in [4.69, 9.17) is 9.15 Å². The molecule has 1 saturated heterocycles. The standard InChI is InChI=1S/C18H21N3O4/c1-2-24-15-7-5-14(6-8-15)21-12-13(10-17(21)22)20-18(23)19-11-16-4-3-9-25-16/h3-9,13H,2,10-12H2,1H3,(H2,19,20,23)/t13-/m0/s1. The smallest absolute Gasteiger partial charge is 0.315 e. The molecule has 7 heteroatoms. The van der Waals surface area contributed by atoms with Crippen LogP contribution in [0.3, 0.4) is 0 Å². The average molecular weight is 343 g/mol. The van der Waals surface area contributed by atoms with Crippen molar-refractivity contribution in [3.8, 4) is 5.75 Å². The van der Waals surface area contributed by atoms with Crippen molar-refractivity contribution in [3.63, 3.8) is 0 Å². The highest BCUT2D eigenvalue weighted by Crippen LogP contribution is 2.24. The van der Waals surface area contributed by atoms with Gasteiger partial charge in [-0.1, -0.05) is 0 Å². The Bertz CT molecular complexity index is 712. The molecule has 0 bridgehead atoms. The first-order valence-corrected chi connectivity index (χ1v) is 8.25. The van der Waals surface area contributed by atoms with Crippen molar-refractivity contribution < 1.29 is 18.7 Å². The number of amides is 3. The molecule has 1 fully saturated rings. The van der Waals surface area contributed by atoms with Crippen LogP contribution in [0.4, 0.5) is 10.5 Å². The van der Waals surface area contributed by atoms with E-state index in [1.54, 1.807) is 23.3 Å². The van der Waals surface area contributed by atoms with E-state index < -0.39 is 0 Å². The van der Waals surface area contributed by atoms with Gasteiger partial charge >= 0.3 is 6.03 Å². The normalized spacial score (nSPS) is 16.8. The summed E-state index contributed by atoms with van der Waals surface area (Å²) in [5, 5.41) is 5.54. The maximum atomic E-state index is 12.2. The van der Waals surface area contributed by atoms with Crippen molar-refractivity contribution in [2.24, 2.45) is 0 Å². The van der Waals surface area contributed by atoms with E-state index >= 15 is 0 Å². The van der Waals surface area contributed by atoms with Crippen molar-refractivity contribution in [3.05, 3.63) is 48.4 Å². The zero-order chi connectivity index (χ0) is 17.6. The van der Waals surface area contributed by atoms with Crippen LogP contribution in [0, 0.1) is 0 Å². The van der Waals surface area contributed by atoms with Gasteiger partial charge in [0, 0.05) is 18.7 Å². The lowest BCUT2D eigenvalue weighted by molar-refractivity contribution is -0.117. The van der Waals surface area contributed by atoms with E-state index in [0.717, 1.165) is 11.4 Å². The molecule has 1 aromatic carbocycles. The van der Waals surface area contributed by atoms with Crippen LogP contribution in [0.1, 0.15) is 19.1 Å². The molecule has 7 nitrogen and oxygen atoms in total. The molecule has 3 rings (SSSR count). The van der Waals surface area contributed by atoms with Crippen LogP contribution in [0.2, 0.25) is 0 Å². The Balaban J connectivity index is 1.52. The molecule has 3 amide bonds. The highest BCUT2D eigenvalue weighted by atomic mass is 16.5. The second-order valence-corrected chi connectivity index (χ2v) is 5.74. The molecule has 2 heterocycles. The van der Waals surface area contributed by atoms with Crippen LogP contribution >= 0.6 is 0 Å². The van der Waals surface area contributed by atoms with Gasteiger partial charge in [0.05, 0.1) is 25.5 Å². The third-order valence-corrected chi connectivity index (χ3v) is 3.92. The molecule has 1 aliphatic rings. The minimum absolute atomic E-state index is 0.0134. The third kappa shape index (κ3) is 4.32. The van der Waals surface area contributed by atoms with Crippen molar-refractivity contribution in [1.29, 1.82) is 0 Å². The van der Waals surface area contributed by atoms with E-state index in [2.05, 4.69) is 10.6 Å². The van der Waals surface area contributed by atoms with E-state index in [9.17, 15) is 9.59 Å². The van der Waals surface area contributed by atoms with Gasteiger partial charge in [-0.15, -0.1) is 0 Å². The number of rotatable bonds is 6. The molecule has 0 radical (unpaired) electrons. The van der Waals surface area contributed by atoms with E-state index in [1.165, 1.54) is 0 Å². The molecule has 25 heavy (non-hydrogen) atoms. The fourth-order valence-electron chi connectivity index (χ4n) is 2.76. The predicted octanol–water partition coefficient (Wildman–Crippen LogP) is 2.28. The van der Waals surface area contributed by atoms with Gasteiger partial charge in [-0.2, -0.15) is 0 Å². The molecule has 0 aliphatic carbocycles. The van der Waals surface area contributed by atoms with E-state index in [1.807, 2.05) is 31.2 Å². The maximum absolute atomic E-state index is 12.2. The van der Waals surface area contributed by atoms with Crippen LogP contribution < -0.4 is 20.3 Å². The summed E-state index contributed by atoms with van der Waals surface area (Å²) >= 11 is 0. The van der Waals surface area contributed by atoms with Crippen LogP contribution in [-0.4, -0.2) is 31.1 Å². The van der Waals surface area contributed by atoms with Crippen LogP contribution in [0.5, 0.6) is 5.75 Å². The summed E-state index contributed by atoms with van der Waals surface area (Å²) in [6, 6.07) is 10.4. The first kappa shape index (κ1) is 16.9. The number of nitrogens with one attached hydrogen (secondary N) is 2. The number of carbonyl (C=O) groups is 2. The van der Waals surface area contributed by atoms with Gasteiger partial charge in [-0.3, -0.25) is 4.79 Å². The summed E-state index contributed by atoms with van der Waals surface area (Å²) in [5.74, 6) is 1.43. The summed E-state index contributed by atoms with van der Waals surface area (Å²) in [6.07, 6.45) is 1.83. The van der Waals surface area contributed by atoms with E-state index in [-0.39, 0.29) is 24.4 Å². The van der Waals surface area contributed by atoms with Crippen molar-refractivity contribution in [2.45, 2.75) is 25.9 Å². The minimum Gasteiger partial charge on any atom is -0.494 e. The number of anilines is 1. The molecule has 132 valence electrons. The second kappa shape index (κ2) is 7.74. The summed E-state index contributed by atoms with van der Waals surface area (Å²) in [7, 11) is 0. The highest BCUT2D eigenvalue weighted by molar-refractivity contribution is 5.96. The largest absolute Gasteiger partial charge is 0.494 e. The molecule has 0 saturated carbocycles. The van der Waals surface area contributed by atoms with E-state index in [0.29, 0.717) is 25.5 Å². The Morgan fingerprint density at radius 2 is 2.12 bits per heavy atom. The fraction of sp³-hybridized carbons (Fsp3) is 0.333. The number of urea groups is 1. The average Bonchev–Trinajstić information content (AvgIpc) is 3.24. The second-order valence-electron chi connectivity index (χ2n) is 5.74. The zero-order valence-electron chi connectivity index (χ0n) is 14.0. The Morgan fingerprint density at radius 3 is 2.80 bits per heavy atom. The van der Waals surface area contributed by atoms with Crippen LogP contribution in [0.15, 0.2) is 47.1 Å². The maximum Gasteiger partial charge on any atom is 0.315 e. The van der Waals surface area contributed by atoms with Crippen LogP contribution in [-0.2, 0) is 11.3 Å². The molecule has 2 N–H and O–H groups in total. The van der Waals surface area contributed by atoms with Gasteiger partial charge in [-0.05, 0) is 43.3 Å². The van der Waals surface area contributed by atoms with Gasteiger partial charge < -0.3 is 24.7 Å². The number of ether oxygens (including phenoxy) is 1. The molecular formula is C18H21N3O4. The SMILES string of the molecule is CCOc1ccc(N2C[C@@H](NC(=O)NCc3ccco3)CC2=O)cc1. The Hall–Kier alpha value is -2.96. The van der Waals surface area contributed by atoms with Crippen LogP contribution in [0.25, 0.3) is 0 Å². The highest BCUT2D eigenvalue weighted by Gasteiger charge is 2.31. The number of furan rings is 1. The molecule has 0 spiro atoms. The Labute approximate surface area is 145 Å². The Morgan fingerprint density at radius 1 is 1.32 bits per heavy atom. The van der Waals surface area contributed by atoms with Crippen molar-refractivity contribution in [2.75, 3.05) is 18.1 Å². The van der Waals surface area contributed by atoms with Crippen molar-refractivity contribution >= 4 is 17.6 Å². The number of carbonyl (C=O) groups excluding carboxylic acids is 2. The monoisotopic (exact) mass is 343 g/mol. The first-order chi connectivity index (χ1) is 12.2. The van der Waals surface area contributed by atoms with Gasteiger partial charge in [0.25, 0.3) is 0 Å². The lowest BCUT2D eigenvalue weighted by atomic mass is 10.2. The predicted molar refractivity (Wildman–Crippen MR) is 92.4 cm³/mol. The molecule has 1 aliphatic heterocycles. The van der Waals surface area contributed by atoms with Crippen molar-refractivity contribution in [1.82, 2.24) is 10.6 Å². The number of hydrogen-bond donors (Lipinski definition) is 2. The first-order valence-electron chi connectivity index (χ1n) is 8.25. The lowest BCUT2D eigenvalue weighted by Gasteiger charge is -2.18. The molecular weight excluding hydrogens is 322 g/mol. The number of nitrogens with zero attached hydrogens (tertiary/aromatic N) is 1. The lowest BCUT2D eigenvalue weighted by Crippen LogP contribution is -2.43. The Kier molecular flexibility index (Phi) is 5.23. The van der Waals surface area contributed by atoms with Gasteiger partial charge in [0.2, 0.25) is 5.91 Å². The summed E-state index contributed by atoms with van der Waals surface area (Å²) in [4.78, 5) is 25.9. The zero-order valence-corrected chi connectivity index (χ0v) is 14.0. The van der Waals surface area contributed by atoms with Gasteiger partial charge in [-0.25, -0.2) is 4.79 Å². The fourth-order valence-corrected chi connectivity index (χ4v) is 2.76. The minimum atomic E-state index is -0.317. The molecule has 1 atom stereocenters. The summed E-state index contributed by atoms with van der Waals surface area (Å²) in [5.41, 5.74) is 0.800. The molecule has 1 aromatic heterocycles.